The quantitative estimate of drug-likeness (QED) is 0.106. The Labute approximate surface area is 204 Å². The topological polar surface area (TPSA) is 138 Å². The van der Waals surface area contributed by atoms with Crippen LogP contribution < -0.4 is 0 Å². The van der Waals surface area contributed by atoms with E-state index >= 15 is 0 Å². The Balaban J connectivity index is 3.78. The van der Waals surface area contributed by atoms with Gasteiger partial charge in [-0.1, -0.05) is 110 Å². The molecule has 0 saturated heterocycles. The van der Waals surface area contributed by atoms with Crippen molar-refractivity contribution in [2.75, 3.05) is 0 Å². The van der Waals surface area contributed by atoms with Gasteiger partial charge in [-0.25, -0.2) is 4.79 Å². The van der Waals surface area contributed by atoms with E-state index in [0.29, 0.717) is 6.42 Å². The van der Waals surface area contributed by atoms with Gasteiger partial charge in [0.25, 0.3) is 0 Å². The monoisotopic (exact) mass is 486 g/mol. The SMILES string of the molecule is CCCCCCCCCCCCCCCCCCCC(=O)OC(CC(=O)O)(CC(=O)O)C(=O)O. The number of rotatable bonds is 24. The van der Waals surface area contributed by atoms with Crippen LogP contribution in [-0.4, -0.2) is 44.8 Å². The number of aliphatic carboxylic acids is 3. The van der Waals surface area contributed by atoms with Crippen LogP contribution in [-0.2, 0) is 23.9 Å². The predicted molar refractivity (Wildman–Crippen MR) is 130 cm³/mol. The zero-order valence-corrected chi connectivity index (χ0v) is 21.0. The number of hydrogen-bond donors (Lipinski definition) is 3. The van der Waals surface area contributed by atoms with Crippen LogP contribution in [0.25, 0.3) is 0 Å². The second kappa shape index (κ2) is 20.3. The Morgan fingerprint density at radius 2 is 0.882 bits per heavy atom. The molecule has 0 aromatic heterocycles. The van der Waals surface area contributed by atoms with Crippen LogP contribution in [0.3, 0.4) is 0 Å². The van der Waals surface area contributed by atoms with Crippen molar-refractivity contribution in [3.05, 3.63) is 0 Å². The molecular weight excluding hydrogens is 440 g/mol. The minimum absolute atomic E-state index is 0.0626. The number of carboxylic acids is 3. The Morgan fingerprint density at radius 1 is 0.559 bits per heavy atom. The summed E-state index contributed by atoms with van der Waals surface area (Å²) in [5, 5.41) is 27.1. The molecule has 0 fully saturated rings. The molecule has 8 heteroatoms. The lowest BCUT2D eigenvalue weighted by Gasteiger charge is -2.26. The number of carbonyl (C=O) groups is 4. The zero-order valence-electron chi connectivity index (χ0n) is 21.0. The summed E-state index contributed by atoms with van der Waals surface area (Å²) < 4.78 is 4.85. The Bertz CT molecular complexity index is 571. The maximum atomic E-state index is 12.0. The fourth-order valence-corrected chi connectivity index (χ4v) is 4.08. The van der Waals surface area contributed by atoms with E-state index in [1.165, 1.54) is 77.0 Å². The van der Waals surface area contributed by atoms with E-state index in [2.05, 4.69) is 6.92 Å². The minimum Gasteiger partial charge on any atom is -0.481 e. The van der Waals surface area contributed by atoms with E-state index in [1.807, 2.05) is 0 Å². The van der Waals surface area contributed by atoms with Gasteiger partial charge in [0.15, 0.2) is 0 Å². The Kier molecular flexibility index (Phi) is 19.0. The largest absolute Gasteiger partial charge is 0.481 e. The van der Waals surface area contributed by atoms with Crippen molar-refractivity contribution in [3.8, 4) is 0 Å². The lowest BCUT2D eigenvalue weighted by atomic mass is 9.95. The van der Waals surface area contributed by atoms with Crippen molar-refractivity contribution in [2.45, 2.75) is 141 Å². The number of hydrogen-bond acceptors (Lipinski definition) is 5. The van der Waals surface area contributed by atoms with Gasteiger partial charge in [-0.05, 0) is 6.42 Å². The summed E-state index contributed by atoms with van der Waals surface area (Å²) in [5.41, 5.74) is -2.58. The number of unbranched alkanes of at least 4 members (excludes halogenated alkanes) is 16. The Morgan fingerprint density at radius 3 is 1.18 bits per heavy atom. The van der Waals surface area contributed by atoms with Crippen LogP contribution in [0.5, 0.6) is 0 Å². The number of esters is 1. The maximum absolute atomic E-state index is 12.0. The van der Waals surface area contributed by atoms with Crippen molar-refractivity contribution in [1.29, 1.82) is 0 Å². The summed E-state index contributed by atoms with van der Waals surface area (Å²) >= 11 is 0. The molecule has 0 atom stereocenters. The van der Waals surface area contributed by atoms with E-state index in [-0.39, 0.29) is 6.42 Å². The van der Waals surface area contributed by atoms with E-state index in [4.69, 9.17) is 14.9 Å². The lowest BCUT2D eigenvalue weighted by molar-refractivity contribution is -0.186. The molecule has 0 aliphatic rings. The summed E-state index contributed by atoms with van der Waals surface area (Å²) in [5.74, 6) is -5.75. The number of carbonyl (C=O) groups excluding carboxylic acids is 1. The molecule has 0 amide bonds. The first-order valence-electron chi connectivity index (χ1n) is 13.1. The predicted octanol–water partition coefficient (Wildman–Crippen LogP) is 6.34. The van der Waals surface area contributed by atoms with Crippen LogP contribution in [0.2, 0.25) is 0 Å². The summed E-state index contributed by atoms with van der Waals surface area (Å²) in [4.78, 5) is 45.4. The van der Waals surface area contributed by atoms with Gasteiger partial charge in [0.1, 0.15) is 0 Å². The highest BCUT2D eigenvalue weighted by Crippen LogP contribution is 2.24. The lowest BCUT2D eigenvalue weighted by Crippen LogP contribution is -2.47. The summed E-state index contributed by atoms with van der Waals surface area (Å²) in [6.45, 7) is 2.24. The molecular formula is C26H46O8. The highest BCUT2D eigenvalue weighted by atomic mass is 16.6. The second-order valence-corrected chi connectivity index (χ2v) is 9.32. The zero-order chi connectivity index (χ0) is 25.7. The molecule has 0 radical (unpaired) electrons. The van der Waals surface area contributed by atoms with E-state index in [0.717, 1.165) is 25.7 Å². The average molecular weight is 487 g/mol. The van der Waals surface area contributed by atoms with Gasteiger partial charge >= 0.3 is 23.9 Å². The van der Waals surface area contributed by atoms with Gasteiger partial charge in [0.05, 0.1) is 12.8 Å². The molecule has 8 nitrogen and oxygen atoms in total. The van der Waals surface area contributed by atoms with E-state index in [1.54, 1.807) is 0 Å². The van der Waals surface area contributed by atoms with Crippen LogP contribution in [0.1, 0.15) is 135 Å². The third-order valence-electron chi connectivity index (χ3n) is 6.06. The third kappa shape index (κ3) is 17.4. The minimum atomic E-state index is -2.58. The first-order chi connectivity index (χ1) is 16.2. The summed E-state index contributed by atoms with van der Waals surface area (Å²) in [7, 11) is 0. The Hall–Kier alpha value is -2.12. The maximum Gasteiger partial charge on any atom is 0.349 e. The fraction of sp³-hybridized carbons (Fsp3) is 0.846. The van der Waals surface area contributed by atoms with Crippen molar-refractivity contribution in [3.63, 3.8) is 0 Å². The second-order valence-electron chi connectivity index (χ2n) is 9.32. The highest BCUT2D eigenvalue weighted by Gasteiger charge is 2.47. The molecule has 0 aromatic carbocycles. The van der Waals surface area contributed by atoms with E-state index in [9.17, 15) is 24.3 Å². The van der Waals surface area contributed by atoms with Gasteiger partial charge in [-0.15, -0.1) is 0 Å². The van der Waals surface area contributed by atoms with E-state index < -0.39 is 42.3 Å². The smallest absolute Gasteiger partial charge is 0.349 e. The molecule has 0 spiro atoms. The molecule has 0 aliphatic carbocycles. The molecule has 0 saturated carbocycles. The van der Waals surface area contributed by atoms with Crippen LogP contribution in [0, 0.1) is 0 Å². The van der Waals surface area contributed by atoms with Crippen molar-refractivity contribution < 1.29 is 39.2 Å². The molecule has 0 unspecified atom stereocenters. The molecule has 0 heterocycles. The van der Waals surface area contributed by atoms with Crippen LogP contribution in [0.4, 0.5) is 0 Å². The molecule has 0 aromatic rings. The number of carboxylic acid groups (broad SMARTS) is 3. The van der Waals surface area contributed by atoms with Gasteiger partial charge in [-0.2, -0.15) is 0 Å². The van der Waals surface area contributed by atoms with Gasteiger partial charge in [0.2, 0.25) is 5.60 Å². The van der Waals surface area contributed by atoms with Gasteiger partial charge < -0.3 is 20.1 Å². The van der Waals surface area contributed by atoms with Crippen molar-refractivity contribution in [1.82, 2.24) is 0 Å². The molecule has 3 N–H and O–H groups in total. The summed E-state index contributed by atoms with van der Waals surface area (Å²) in [6, 6.07) is 0. The molecule has 0 aliphatic heterocycles. The first kappa shape index (κ1) is 31.9. The molecule has 198 valence electrons. The van der Waals surface area contributed by atoms with Crippen LogP contribution >= 0.6 is 0 Å². The molecule has 0 rings (SSSR count). The highest BCUT2D eigenvalue weighted by molar-refractivity contribution is 5.90. The normalized spacial score (nSPS) is 11.3. The fourth-order valence-electron chi connectivity index (χ4n) is 4.08. The first-order valence-corrected chi connectivity index (χ1v) is 13.1. The standard InChI is InChI=1S/C26H46O8/c1-2-3-4-5-6-7-8-9-10-11-12-13-14-15-16-17-18-19-24(31)34-26(25(32)33,20-22(27)28)21-23(29)30/h2-21H2,1H3,(H,27,28)(H,29,30)(H,32,33). The van der Waals surface area contributed by atoms with Gasteiger partial charge in [-0.3, -0.25) is 14.4 Å². The van der Waals surface area contributed by atoms with Gasteiger partial charge in [0, 0.05) is 6.42 Å². The molecule has 0 bridgehead atoms. The van der Waals surface area contributed by atoms with Crippen LogP contribution in [0.15, 0.2) is 0 Å². The molecule has 34 heavy (non-hydrogen) atoms. The summed E-state index contributed by atoms with van der Waals surface area (Å²) in [6.07, 6.45) is 18.2. The third-order valence-corrected chi connectivity index (χ3v) is 6.06. The average Bonchev–Trinajstić information content (AvgIpc) is 2.74. The van der Waals surface area contributed by atoms with Crippen molar-refractivity contribution in [2.24, 2.45) is 0 Å². The number of ether oxygens (including phenoxy) is 1. The van der Waals surface area contributed by atoms with Crippen molar-refractivity contribution >= 4 is 23.9 Å².